The van der Waals surface area contributed by atoms with E-state index in [0.29, 0.717) is 44.7 Å². The van der Waals surface area contributed by atoms with E-state index in [1.165, 1.54) is 6.07 Å². The summed E-state index contributed by atoms with van der Waals surface area (Å²) in [5.41, 5.74) is 1.62. The van der Waals surface area contributed by atoms with Crippen LogP contribution in [0.1, 0.15) is 11.4 Å². The molecule has 0 radical (unpaired) electrons. The summed E-state index contributed by atoms with van der Waals surface area (Å²) < 4.78 is 15.1. The van der Waals surface area contributed by atoms with Crippen molar-refractivity contribution in [2.24, 2.45) is 0 Å². The minimum atomic E-state index is -0.205. The molecule has 0 N–H and O–H groups in total. The highest BCUT2D eigenvalue weighted by atomic mass is 32.1. The lowest BCUT2D eigenvalue weighted by Gasteiger charge is -2.36. The fraction of sp³-hybridized carbons (Fsp3) is 0.300. The summed E-state index contributed by atoms with van der Waals surface area (Å²) >= 11 is 1.65. The van der Waals surface area contributed by atoms with Crippen LogP contribution in [0.5, 0.6) is 0 Å². The molecule has 1 aliphatic rings. The number of hydrogen-bond donors (Lipinski definition) is 0. The molecule has 2 aromatic carbocycles. The van der Waals surface area contributed by atoms with E-state index in [1.54, 1.807) is 23.5 Å². The molecule has 1 aliphatic heterocycles. The lowest BCUT2D eigenvalue weighted by atomic mass is 10.2. The number of aromatic nitrogens is 1. The zero-order valence-corrected chi connectivity index (χ0v) is 15.2. The number of hydrogen-bond acceptors (Lipinski definition) is 4. The van der Waals surface area contributed by atoms with Crippen LogP contribution in [0.4, 0.5) is 10.1 Å². The maximum absolute atomic E-state index is 13.9. The normalized spacial score (nSPS) is 14.8. The first-order valence-electron chi connectivity index (χ1n) is 8.82. The van der Waals surface area contributed by atoms with Crippen molar-refractivity contribution in [1.29, 1.82) is 0 Å². The van der Waals surface area contributed by atoms with E-state index in [0.717, 1.165) is 15.2 Å². The number of para-hydroxylation sites is 2. The van der Waals surface area contributed by atoms with Crippen LogP contribution in [0.25, 0.3) is 10.2 Å². The van der Waals surface area contributed by atoms with Crippen molar-refractivity contribution in [2.45, 2.75) is 12.8 Å². The van der Waals surface area contributed by atoms with E-state index in [-0.39, 0.29) is 11.7 Å². The molecule has 0 unspecified atom stereocenters. The van der Waals surface area contributed by atoms with Crippen LogP contribution < -0.4 is 4.90 Å². The smallest absolute Gasteiger partial charge is 0.223 e. The summed E-state index contributed by atoms with van der Waals surface area (Å²) in [6.07, 6.45) is 1.14. The molecule has 4 rings (SSSR count). The van der Waals surface area contributed by atoms with Crippen molar-refractivity contribution in [3.8, 4) is 0 Å². The Morgan fingerprint density at radius 1 is 1.04 bits per heavy atom. The van der Waals surface area contributed by atoms with Gasteiger partial charge in [-0.1, -0.05) is 24.3 Å². The van der Waals surface area contributed by atoms with E-state index < -0.39 is 0 Å². The fourth-order valence-corrected chi connectivity index (χ4v) is 4.27. The Morgan fingerprint density at radius 2 is 1.77 bits per heavy atom. The maximum Gasteiger partial charge on any atom is 0.223 e. The van der Waals surface area contributed by atoms with Crippen LogP contribution >= 0.6 is 11.3 Å². The molecular formula is C20H20FN3OS. The molecule has 0 spiro atoms. The third-order valence-corrected chi connectivity index (χ3v) is 5.81. The fourth-order valence-electron chi connectivity index (χ4n) is 3.30. The monoisotopic (exact) mass is 369 g/mol. The standard InChI is InChI=1S/C20H20FN3OS/c21-15-5-1-3-7-17(15)23-11-13-24(14-12-23)20(25)10-9-19-22-16-6-2-4-8-18(16)26-19/h1-8H,9-14H2. The number of anilines is 1. The SMILES string of the molecule is O=C(CCc1nc2ccccc2s1)N1CCN(c2ccccc2F)CC1. The number of rotatable bonds is 4. The number of aryl methyl sites for hydroxylation is 1. The van der Waals surface area contributed by atoms with Crippen molar-refractivity contribution in [3.63, 3.8) is 0 Å². The summed E-state index contributed by atoms with van der Waals surface area (Å²) in [5, 5.41) is 1.00. The first kappa shape index (κ1) is 17.0. The first-order chi connectivity index (χ1) is 12.7. The van der Waals surface area contributed by atoms with Gasteiger partial charge in [0.15, 0.2) is 0 Å². The molecule has 3 aromatic rings. The highest BCUT2D eigenvalue weighted by Crippen LogP contribution is 2.23. The van der Waals surface area contributed by atoms with Gasteiger partial charge in [0, 0.05) is 39.0 Å². The second-order valence-corrected chi connectivity index (χ2v) is 7.51. The van der Waals surface area contributed by atoms with Crippen LogP contribution in [0.3, 0.4) is 0 Å². The third-order valence-electron chi connectivity index (χ3n) is 4.72. The molecule has 134 valence electrons. The van der Waals surface area contributed by atoms with Crippen molar-refractivity contribution in [2.75, 3.05) is 31.1 Å². The number of carbonyl (C=O) groups is 1. The van der Waals surface area contributed by atoms with Gasteiger partial charge in [-0.25, -0.2) is 9.37 Å². The molecule has 4 nitrogen and oxygen atoms in total. The summed E-state index contributed by atoms with van der Waals surface area (Å²) in [6, 6.07) is 14.8. The van der Waals surface area contributed by atoms with Gasteiger partial charge in [-0.3, -0.25) is 4.79 Å². The summed E-state index contributed by atoms with van der Waals surface area (Å²) in [6.45, 7) is 2.58. The lowest BCUT2D eigenvalue weighted by molar-refractivity contribution is -0.131. The van der Waals surface area contributed by atoms with Crippen molar-refractivity contribution >= 4 is 33.1 Å². The van der Waals surface area contributed by atoms with E-state index in [4.69, 9.17) is 0 Å². The molecule has 0 saturated carbocycles. The number of piperazine rings is 1. The second kappa shape index (κ2) is 7.41. The van der Waals surface area contributed by atoms with Crippen LogP contribution in [0.15, 0.2) is 48.5 Å². The number of amides is 1. The van der Waals surface area contributed by atoms with Crippen LogP contribution in [0.2, 0.25) is 0 Å². The number of halogens is 1. The molecule has 6 heteroatoms. The Hall–Kier alpha value is -2.47. The molecule has 0 atom stereocenters. The number of benzene rings is 2. The lowest BCUT2D eigenvalue weighted by Crippen LogP contribution is -2.49. The predicted octanol–water partition coefficient (Wildman–Crippen LogP) is 3.72. The highest BCUT2D eigenvalue weighted by Gasteiger charge is 2.22. The average Bonchev–Trinajstić information content (AvgIpc) is 3.10. The van der Waals surface area contributed by atoms with E-state index >= 15 is 0 Å². The molecule has 1 amide bonds. The topological polar surface area (TPSA) is 36.4 Å². The zero-order valence-electron chi connectivity index (χ0n) is 14.4. The van der Waals surface area contributed by atoms with E-state index in [1.807, 2.05) is 34.1 Å². The van der Waals surface area contributed by atoms with Crippen LogP contribution in [0, 0.1) is 5.82 Å². The van der Waals surface area contributed by atoms with Crippen LogP contribution in [-0.2, 0) is 11.2 Å². The molecule has 2 heterocycles. The number of carbonyl (C=O) groups excluding carboxylic acids is 1. The number of thiazole rings is 1. The Morgan fingerprint density at radius 3 is 2.54 bits per heavy atom. The molecule has 0 aliphatic carbocycles. The van der Waals surface area contributed by atoms with Crippen molar-refractivity contribution in [3.05, 3.63) is 59.4 Å². The summed E-state index contributed by atoms with van der Waals surface area (Å²) in [4.78, 5) is 21.0. The van der Waals surface area contributed by atoms with Gasteiger partial charge in [-0.05, 0) is 24.3 Å². The maximum atomic E-state index is 13.9. The van der Waals surface area contributed by atoms with Crippen molar-refractivity contribution in [1.82, 2.24) is 9.88 Å². The molecule has 1 saturated heterocycles. The van der Waals surface area contributed by atoms with Gasteiger partial charge in [-0.2, -0.15) is 0 Å². The van der Waals surface area contributed by atoms with Gasteiger partial charge < -0.3 is 9.80 Å². The first-order valence-corrected chi connectivity index (χ1v) is 9.64. The van der Waals surface area contributed by atoms with Gasteiger partial charge in [0.2, 0.25) is 5.91 Å². The van der Waals surface area contributed by atoms with Gasteiger partial charge in [0.05, 0.1) is 20.9 Å². The molecule has 0 bridgehead atoms. The molecular weight excluding hydrogens is 349 g/mol. The molecule has 1 aromatic heterocycles. The highest BCUT2D eigenvalue weighted by molar-refractivity contribution is 7.18. The van der Waals surface area contributed by atoms with Crippen molar-refractivity contribution < 1.29 is 9.18 Å². The third kappa shape index (κ3) is 3.55. The largest absolute Gasteiger partial charge is 0.366 e. The Kier molecular flexibility index (Phi) is 4.84. The van der Waals surface area contributed by atoms with Gasteiger partial charge in [-0.15, -0.1) is 11.3 Å². The van der Waals surface area contributed by atoms with Gasteiger partial charge in [0.25, 0.3) is 0 Å². The van der Waals surface area contributed by atoms with Gasteiger partial charge in [0.1, 0.15) is 5.82 Å². The molecule has 26 heavy (non-hydrogen) atoms. The second-order valence-electron chi connectivity index (χ2n) is 6.39. The Bertz CT molecular complexity index is 885. The Balaban J connectivity index is 1.31. The molecule has 1 fully saturated rings. The van der Waals surface area contributed by atoms with Gasteiger partial charge >= 0.3 is 0 Å². The zero-order chi connectivity index (χ0) is 17.9. The number of nitrogens with zero attached hydrogens (tertiary/aromatic N) is 3. The minimum Gasteiger partial charge on any atom is -0.366 e. The summed E-state index contributed by atoms with van der Waals surface area (Å²) in [7, 11) is 0. The van der Waals surface area contributed by atoms with E-state index in [2.05, 4.69) is 11.1 Å². The van der Waals surface area contributed by atoms with Crippen LogP contribution in [-0.4, -0.2) is 42.0 Å². The predicted molar refractivity (Wildman–Crippen MR) is 103 cm³/mol. The Labute approximate surface area is 155 Å². The number of fused-ring (bicyclic) bond motifs is 1. The summed E-state index contributed by atoms with van der Waals surface area (Å²) in [5.74, 6) is -0.0550. The average molecular weight is 369 g/mol. The quantitative estimate of drug-likeness (QED) is 0.703. The minimum absolute atomic E-state index is 0.150. The van der Waals surface area contributed by atoms with E-state index in [9.17, 15) is 9.18 Å².